The lowest BCUT2D eigenvalue weighted by atomic mass is 9.83. The Labute approximate surface area is 232 Å². The van der Waals surface area contributed by atoms with E-state index in [9.17, 15) is 27.6 Å². The van der Waals surface area contributed by atoms with Gasteiger partial charge < -0.3 is 9.88 Å². The first-order valence-electron chi connectivity index (χ1n) is 12.9. The van der Waals surface area contributed by atoms with Crippen molar-refractivity contribution in [2.45, 2.75) is 37.0 Å². The summed E-state index contributed by atoms with van der Waals surface area (Å²) in [6, 6.07) is 4.41. The molecule has 0 unspecified atom stereocenters. The number of hydrogen-bond acceptors (Lipinski definition) is 7. The molecule has 2 saturated heterocycles. The molecular weight excluding hydrogens is 542 g/mol. The maximum Gasteiger partial charge on any atom is 0.432 e. The van der Waals surface area contributed by atoms with Gasteiger partial charge in [-0.3, -0.25) is 19.4 Å². The average Bonchev–Trinajstić information content (AvgIpc) is 3.62. The Balaban J connectivity index is 1.18. The highest BCUT2D eigenvalue weighted by atomic mass is 19.4. The number of aromatic nitrogens is 5. The van der Waals surface area contributed by atoms with Crippen molar-refractivity contribution >= 4 is 22.7 Å². The summed E-state index contributed by atoms with van der Waals surface area (Å²) in [5.41, 5.74) is 0.247. The molecule has 0 saturated carbocycles. The van der Waals surface area contributed by atoms with Crippen LogP contribution in [0.4, 0.5) is 17.6 Å². The minimum atomic E-state index is -4.88. The molecule has 0 atom stereocenters. The zero-order chi connectivity index (χ0) is 29.2. The molecule has 5 rings (SSSR count). The van der Waals surface area contributed by atoms with Crippen molar-refractivity contribution in [2.24, 2.45) is 4.99 Å². The second-order valence-electron chi connectivity index (χ2n) is 10.2. The van der Waals surface area contributed by atoms with Crippen molar-refractivity contribution in [3.63, 3.8) is 0 Å². The first kappa shape index (κ1) is 28.2. The van der Waals surface area contributed by atoms with Gasteiger partial charge in [-0.1, -0.05) is 6.58 Å². The van der Waals surface area contributed by atoms with Crippen molar-refractivity contribution in [3.05, 3.63) is 55.4 Å². The Bertz CT molecular complexity index is 1530. The number of likely N-dealkylation sites (tertiary alicyclic amines) is 2. The van der Waals surface area contributed by atoms with Gasteiger partial charge in [0.1, 0.15) is 24.2 Å². The van der Waals surface area contributed by atoms with Crippen molar-refractivity contribution in [2.75, 3.05) is 32.9 Å². The molecule has 0 aliphatic carbocycles. The molecule has 3 aromatic rings. The maximum atomic E-state index is 12.7. The van der Waals surface area contributed by atoms with Gasteiger partial charge in [-0.05, 0) is 25.0 Å². The summed E-state index contributed by atoms with van der Waals surface area (Å²) in [5, 5.41) is 15.1. The zero-order valence-corrected chi connectivity index (χ0v) is 22.0. The Kier molecular flexibility index (Phi) is 7.72. The molecule has 0 spiro atoms. The molecule has 2 aliphatic heterocycles. The molecule has 2 aliphatic rings. The van der Waals surface area contributed by atoms with Gasteiger partial charge in [-0.25, -0.2) is 14.4 Å². The van der Waals surface area contributed by atoms with Gasteiger partial charge >= 0.3 is 6.18 Å². The standard InChI is InChI=1S/C27H27F4N9O/c1-18(2-8-33-22(12-28)27(29,30)31)25(41)38-10-4-20(5-11-38)39-15-26(16-39,6-7-32)40-14-19(13-37-40)23-21-3-9-34-24(21)36-17-35-23/h2-3,8-9,13-14,17,20H,1,4-6,10-12,15-16H2,(H,34,35,36)/b8-2-,33-22+. The van der Waals surface area contributed by atoms with Gasteiger partial charge in [-0.15, -0.1) is 0 Å². The number of H-pyrrole nitrogens is 1. The van der Waals surface area contributed by atoms with E-state index < -0.39 is 30.0 Å². The lowest BCUT2D eigenvalue weighted by Gasteiger charge is -2.53. The first-order valence-corrected chi connectivity index (χ1v) is 12.9. The number of aliphatic imine (C=N–C) groups is 1. The number of hydrogen-bond donors (Lipinski definition) is 1. The summed E-state index contributed by atoms with van der Waals surface area (Å²) in [6.07, 6.45) is 5.57. The van der Waals surface area contributed by atoms with Crippen molar-refractivity contribution in [3.8, 4) is 17.3 Å². The van der Waals surface area contributed by atoms with Crippen molar-refractivity contribution in [1.29, 1.82) is 5.26 Å². The van der Waals surface area contributed by atoms with Crippen LogP contribution in [-0.4, -0.2) is 91.2 Å². The number of piperidine rings is 1. The number of amides is 1. The van der Waals surface area contributed by atoms with Gasteiger partial charge in [0.05, 0.1) is 24.4 Å². The number of rotatable bonds is 8. The Hall–Kier alpha value is -4.38. The van der Waals surface area contributed by atoms with Crippen LogP contribution in [0.3, 0.4) is 0 Å². The van der Waals surface area contributed by atoms with E-state index in [2.05, 4.69) is 42.6 Å². The molecule has 1 N–H and O–H groups in total. The number of nitriles is 1. The number of aromatic amines is 1. The van der Waals surface area contributed by atoms with Crippen LogP contribution >= 0.6 is 0 Å². The fourth-order valence-corrected chi connectivity index (χ4v) is 5.37. The quantitative estimate of drug-likeness (QED) is 0.191. The number of carbonyl (C=O) groups excluding carboxylic acids is 1. The summed E-state index contributed by atoms with van der Waals surface area (Å²) in [4.78, 5) is 31.4. The molecule has 0 aromatic carbocycles. The predicted octanol–water partition coefficient (Wildman–Crippen LogP) is 3.78. The summed E-state index contributed by atoms with van der Waals surface area (Å²) >= 11 is 0. The molecule has 41 heavy (non-hydrogen) atoms. The number of nitrogens with one attached hydrogen (secondary N) is 1. The van der Waals surface area contributed by atoms with Gasteiger partial charge in [0.25, 0.3) is 5.91 Å². The summed E-state index contributed by atoms with van der Waals surface area (Å²) in [6.45, 7) is 4.03. The SMILES string of the molecule is C=C(/C=C\N=C(/CF)C(F)(F)F)C(=O)N1CCC(N2CC(CC#N)(n3cc(-c4ncnc5[nH]ccc45)cn3)C2)CC1. The lowest BCUT2D eigenvalue weighted by Crippen LogP contribution is -2.66. The molecular formula is C27H27F4N9O. The molecule has 3 aromatic heterocycles. The van der Waals surface area contributed by atoms with Crippen molar-refractivity contribution < 1.29 is 22.4 Å². The van der Waals surface area contributed by atoms with E-state index in [1.807, 2.05) is 16.9 Å². The van der Waals surface area contributed by atoms with E-state index in [-0.39, 0.29) is 11.6 Å². The topological polar surface area (TPSA) is 119 Å². The average molecular weight is 570 g/mol. The van der Waals surface area contributed by atoms with Crippen LogP contribution in [0.25, 0.3) is 22.3 Å². The van der Waals surface area contributed by atoms with E-state index in [1.54, 1.807) is 17.3 Å². The van der Waals surface area contributed by atoms with E-state index in [4.69, 9.17) is 0 Å². The van der Waals surface area contributed by atoms with E-state index in [0.717, 1.165) is 34.6 Å². The lowest BCUT2D eigenvalue weighted by molar-refractivity contribution is -0.129. The van der Waals surface area contributed by atoms with Crippen LogP contribution in [0.1, 0.15) is 19.3 Å². The summed E-state index contributed by atoms with van der Waals surface area (Å²) < 4.78 is 52.2. The largest absolute Gasteiger partial charge is 0.432 e. The minimum absolute atomic E-state index is 0.0281. The fourth-order valence-electron chi connectivity index (χ4n) is 5.37. The molecule has 5 heterocycles. The number of fused-ring (bicyclic) bond motifs is 1. The monoisotopic (exact) mass is 569 g/mol. The first-order chi connectivity index (χ1) is 19.6. The summed E-state index contributed by atoms with van der Waals surface area (Å²) in [7, 11) is 0. The molecule has 0 radical (unpaired) electrons. The highest BCUT2D eigenvalue weighted by Gasteiger charge is 2.48. The third-order valence-corrected chi connectivity index (χ3v) is 7.60. The number of halogens is 4. The molecule has 2 fully saturated rings. The third-order valence-electron chi connectivity index (χ3n) is 7.60. The number of carbonyl (C=O) groups is 1. The van der Waals surface area contributed by atoms with Crippen molar-refractivity contribution in [1.82, 2.24) is 34.5 Å². The Morgan fingerprint density at radius 2 is 2.05 bits per heavy atom. The van der Waals surface area contributed by atoms with Crippen LogP contribution in [0.2, 0.25) is 0 Å². The normalized spacial score (nSPS) is 18.5. The highest BCUT2D eigenvalue weighted by molar-refractivity contribution is 5.96. The molecule has 0 bridgehead atoms. The van der Waals surface area contributed by atoms with Crippen LogP contribution in [0, 0.1) is 11.3 Å². The molecule has 14 heteroatoms. The summed E-state index contributed by atoms with van der Waals surface area (Å²) in [5.74, 6) is -0.406. The molecule has 10 nitrogen and oxygen atoms in total. The predicted molar refractivity (Wildman–Crippen MR) is 142 cm³/mol. The second-order valence-corrected chi connectivity index (χ2v) is 10.2. The van der Waals surface area contributed by atoms with Gasteiger partial charge in [-0.2, -0.15) is 23.5 Å². The smallest absolute Gasteiger partial charge is 0.346 e. The maximum absolute atomic E-state index is 12.7. The van der Waals surface area contributed by atoms with Gasteiger partial charge in [0, 0.05) is 67.3 Å². The van der Waals surface area contributed by atoms with E-state index in [0.29, 0.717) is 45.4 Å². The highest BCUT2D eigenvalue weighted by Crippen LogP contribution is 2.37. The Morgan fingerprint density at radius 3 is 2.73 bits per heavy atom. The second kappa shape index (κ2) is 11.2. The Morgan fingerprint density at radius 1 is 1.29 bits per heavy atom. The third kappa shape index (κ3) is 5.62. The van der Waals surface area contributed by atoms with E-state index >= 15 is 0 Å². The van der Waals surface area contributed by atoms with E-state index in [1.165, 1.54) is 6.33 Å². The minimum Gasteiger partial charge on any atom is -0.346 e. The fraction of sp³-hybridized carbons (Fsp3) is 0.407. The van der Waals surface area contributed by atoms with Crippen LogP contribution in [0.5, 0.6) is 0 Å². The number of alkyl halides is 4. The molecule has 1 amide bonds. The molecule has 214 valence electrons. The van der Waals surface area contributed by atoms with Crippen LogP contribution < -0.4 is 0 Å². The van der Waals surface area contributed by atoms with Gasteiger partial charge in [0.2, 0.25) is 0 Å². The zero-order valence-electron chi connectivity index (χ0n) is 22.0. The van der Waals surface area contributed by atoms with Crippen LogP contribution in [0.15, 0.2) is 60.4 Å². The van der Waals surface area contributed by atoms with Crippen LogP contribution in [-0.2, 0) is 10.3 Å². The van der Waals surface area contributed by atoms with Gasteiger partial charge in [0.15, 0.2) is 5.71 Å². The number of nitrogens with zero attached hydrogens (tertiary/aromatic N) is 8.